The van der Waals surface area contributed by atoms with Gasteiger partial charge in [0.2, 0.25) is 27.4 Å². The van der Waals surface area contributed by atoms with Gasteiger partial charge >= 0.3 is 6.18 Å². The predicted octanol–water partition coefficient (Wildman–Crippen LogP) is 6.97. The van der Waals surface area contributed by atoms with Crippen LogP contribution in [0.2, 0.25) is 0 Å². The molecule has 5 atom stereocenters. The largest absolute Gasteiger partial charge is 0.470 e. The molecule has 19 heteroatoms. The number of nitrogens with zero attached hydrogens (tertiary/aromatic N) is 4. The van der Waals surface area contributed by atoms with Gasteiger partial charge < -0.3 is 24.7 Å². The first-order valence-corrected chi connectivity index (χ1v) is 23.1. The van der Waals surface area contributed by atoms with E-state index >= 15 is 0 Å². The molecule has 0 bridgehead atoms. The van der Waals surface area contributed by atoms with Crippen LogP contribution in [-0.2, 0) is 30.6 Å². The van der Waals surface area contributed by atoms with Crippen LogP contribution < -0.4 is 20.1 Å². The summed E-state index contributed by atoms with van der Waals surface area (Å²) in [6.45, 7) is 3.73. The van der Waals surface area contributed by atoms with E-state index in [1.807, 2.05) is 26.0 Å². The van der Waals surface area contributed by atoms with Gasteiger partial charge in [-0.25, -0.2) is 18.4 Å². The summed E-state index contributed by atoms with van der Waals surface area (Å²) in [5.74, 6) is -2.32. The minimum absolute atomic E-state index is 0.0429. The quantitative estimate of drug-likeness (QED) is 0.137. The average Bonchev–Trinajstić information content (AvgIpc) is 4.10. The van der Waals surface area contributed by atoms with Crippen LogP contribution in [0.4, 0.5) is 18.3 Å². The van der Waals surface area contributed by atoms with Crippen LogP contribution in [0.1, 0.15) is 73.9 Å². The van der Waals surface area contributed by atoms with Crippen molar-refractivity contribution in [3.05, 3.63) is 76.8 Å². The Morgan fingerprint density at radius 2 is 1.79 bits per heavy atom. The van der Waals surface area contributed by atoms with Crippen molar-refractivity contribution >= 4 is 66.3 Å². The Kier molecular flexibility index (Phi) is 10.8. The van der Waals surface area contributed by atoms with Crippen molar-refractivity contribution in [2.45, 2.75) is 107 Å². The number of furan rings is 1. The molecule has 2 saturated carbocycles. The van der Waals surface area contributed by atoms with Gasteiger partial charge in [0, 0.05) is 28.2 Å². The highest BCUT2D eigenvalue weighted by Crippen LogP contribution is 2.46. The van der Waals surface area contributed by atoms with E-state index in [2.05, 4.69) is 30.3 Å². The number of carbonyl (C=O) groups excluding carboxylic acids is 3. The van der Waals surface area contributed by atoms with Gasteiger partial charge in [-0.1, -0.05) is 49.3 Å². The van der Waals surface area contributed by atoms with Crippen molar-refractivity contribution in [1.29, 1.82) is 0 Å². The average molecular weight is 892 g/mol. The van der Waals surface area contributed by atoms with Gasteiger partial charge in [-0.3, -0.25) is 19.1 Å². The third kappa shape index (κ3) is 8.23. The van der Waals surface area contributed by atoms with E-state index in [9.17, 15) is 36.0 Å². The maximum absolute atomic E-state index is 14.9. The van der Waals surface area contributed by atoms with Crippen LogP contribution in [0, 0.1) is 19.8 Å². The van der Waals surface area contributed by atoms with E-state index in [1.54, 1.807) is 24.3 Å². The molecule has 1 saturated heterocycles. The zero-order valence-electron chi connectivity index (χ0n) is 33.8. The number of anilines is 1. The Morgan fingerprint density at radius 1 is 1.02 bits per heavy atom. The van der Waals surface area contributed by atoms with Gasteiger partial charge in [-0.2, -0.15) is 18.2 Å². The molecule has 0 unspecified atom stereocenters. The number of sulfonamides is 1. The lowest BCUT2D eigenvalue weighted by atomic mass is 10.1. The topological polar surface area (TPSA) is 186 Å². The number of nitrogens with one attached hydrogen (secondary N) is 3. The third-order valence-electron chi connectivity index (χ3n) is 12.1. The zero-order valence-corrected chi connectivity index (χ0v) is 35.5. The summed E-state index contributed by atoms with van der Waals surface area (Å²) in [5, 5.41) is 6.73. The number of carbonyl (C=O) groups is 3. The molecule has 2 aliphatic carbocycles. The summed E-state index contributed by atoms with van der Waals surface area (Å²) in [7, 11) is -3.94. The molecule has 62 heavy (non-hydrogen) atoms. The number of thiazole rings is 1. The Labute approximate surface area is 358 Å². The third-order valence-corrected chi connectivity index (χ3v) is 14.9. The molecular weight excluding hydrogens is 848 g/mol. The normalized spacial score (nSPS) is 25.3. The molecule has 326 valence electrons. The maximum Gasteiger partial charge on any atom is 0.416 e. The number of fused-ring (bicyclic) bond motifs is 5. The molecular formula is C43H44F3N7O7S2. The number of halogens is 3. The van der Waals surface area contributed by atoms with Gasteiger partial charge in [0.25, 0.3) is 11.8 Å². The summed E-state index contributed by atoms with van der Waals surface area (Å²) >= 11 is 1.42. The first-order chi connectivity index (χ1) is 29.6. The number of benzene rings is 2. The highest BCUT2D eigenvalue weighted by molar-refractivity contribution is 7.91. The van der Waals surface area contributed by atoms with E-state index in [-0.39, 0.29) is 48.1 Å². The number of allylic oxidation sites excluding steroid dienone is 1. The van der Waals surface area contributed by atoms with Crippen LogP contribution >= 0.6 is 11.3 Å². The van der Waals surface area contributed by atoms with Crippen LogP contribution in [0.15, 0.2) is 65.1 Å². The van der Waals surface area contributed by atoms with Gasteiger partial charge in [-0.05, 0) is 76.6 Å². The molecule has 0 spiro atoms. The van der Waals surface area contributed by atoms with Gasteiger partial charge in [0.05, 0.1) is 23.1 Å². The van der Waals surface area contributed by atoms with E-state index < -0.39 is 68.5 Å². The molecule has 14 nitrogen and oxygen atoms in total. The van der Waals surface area contributed by atoms with Gasteiger partial charge in [0.15, 0.2) is 11.0 Å². The number of hydrogen-bond donors (Lipinski definition) is 3. The minimum Gasteiger partial charge on any atom is -0.470 e. The van der Waals surface area contributed by atoms with Crippen molar-refractivity contribution in [2.75, 3.05) is 11.9 Å². The van der Waals surface area contributed by atoms with Crippen molar-refractivity contribution in [3.8, 4) is 17.3 Å². The summed E-state index contributed by atoms with van der Waals surface area (Å²) in [5.41, 5.74) is -0.314. The lowest BCUT2D eigenvalue weighted by molar-refractivity contribution is -0.140. The molecule has 2 aliphatic heterocycles. The Bertz CT molecular complexity index is 2700. The molecule has 3 amide bonds. The number of rotatable bonds is 8. The molecule has 5 heterocycles. The van der Waals surface area contributed by atoms with Crippen molar-refractivity contribution in [3.63, 3.8) is 0 Å². The summed E-state index contributed by atoms with van der Waals surface area (Å²) in [6, 6.07) is 9.55. The van der Waals surface area contributed by atoms with E-state index in [1.165, 1.54) is 28.4 Å². The minimum atomic E-state index is -4.55. The Hall–Kier alpha value is -5.56. The summed E-state index contributed by atoms with van der Waals surface area (Å²) in [6.07, 6.45) is 2.83. The molecule has 3 fully saturated rings. The Balaban J connectivity index is 1.07. The number of alkyl halides is 3. The number of aryl methyl sites for hydroxylation is 2. The van der Waals surface area contributed by atoms with E-state index in [0.717, 1.165) is 35.5 Å². The highest BCUT2D eigenvalue weighted by atomic mass is 32.2. The van der Waals surface area contributed by atoms with Crippen LogP contribution in [0.3, 0.4) is 0 Å². The van der Waals surface area contributed by atoms with Crippen molar-refractivity contribution in [2.24, 2.45) is 5.92 Å². The maximum atomic E-state index is 14.9. The van der Waals surface area contributed by atoms with Crippen molar-refractivity contribution in [1.82, 2.24) is 29.9 Å². The predicted molar refractivity (Wildman–Crippen MR) is 225 cm³/mol. The molecule has 5 aromatic rings. The van der Waals surface area contributed by atoms with Crippen molar-refractivity contribution < 1.29 is 45.1 Å². The van der Waals surface area contributed by atoms with Gasteiger partial charge in [0.1, 0.15) is 34.8 Å². The molecule has 9 rings (SSSR count). The van der Waals surface area contributed by atoms with Crippen LogP contribution in [0.25, 0.3) is 33.5 Å². The molecule has 3 aromatic heterocycles. The highest BCUT2D eigenvalue weighted by Gasteiger charge is 2.62. The summed E-state index contributed by atoms with van der Waals surface area (Å²) in [4.78, 5) is 59.7. The van der Waals surface area contributed by atoms with E-state index in [0.29, 0.717) is 53.7 Å². The molecule has 0 radical (unpaired) electrons. The first-order valence-electron chi connectivity index (χ1n) is 20.7. The molecule has 4 aliphatic rings. The lowest BCUT2D eigenvalue weighted by Gasteiger charge is -2.29. The molecule has 2 aromatic carbocycles. The second-order valence-corrected chi connectivity index (χ2v) is 19.7. The second-order valence-electron chi connectivity index (χ2n) is 16.6. The van der Waals surface area contributed by atoms with Crippen LogP contribution in [0.5, 0.6) is 5.88 Å². The number of hydrogen-bond acceptors (Lipinski definition) is 12. The SMILES string of the molecule is Cc1nc(N[C@H]2CCCCC/C=C\[C@@H]3C[C@@]3(C(=O)NS(=O)(=O)C3CC3)NC(=O)[C@@H]3C[C@@H](Oc4nc(-c5ccc(C(F)(F)F)cc5)nc5c4oc4ccccc45)CN3C2=O)sc1C. The fraction of sp³-hybridized carbons (Fsp3) is 0.442. The number of amides is 3. The fourth-order valence-electron chi connectivity index (χ4n) is 8.27. The number of ether oxygens (including phenoxy) is 1. The lowest BCUT2D eigenvalue weighted by Crippen LogP contribution is -2.57. The monoisotopic (exact) mass is 891 g/mol. The Morgan fingerprint density at radius 3 is 2.52 bits per heavy atom. The van der Waals surface area contributed by atoms with Crippen LogP contribution in [-0.4, -0.2) is 81.5 Å². The second kappa shape index (κ2) is 16.0. The first kappa shape index (κ1) is 41.8. The summed E-state index contributed by atoms with van der Waals surface area (Å²) < 4.78 is 81.3. The zero-order chi connectivity index (χ0) is 43.6. The fourth-order valence-corrected chi connectivity index (χ4v) is 10.5. The van der Waals surface area contributed by atoms with Gasteiger partial charge in [-0.15, -0.1) is 11.3 Å². The molecule has 3 N–H and O–H groups in total. The smallest absolute Gasteiger partial charge is 0.416 e. The standard InChI is InChI=1S/C43H44F3N7O7S2/c1-23-24(2)61-41(47-23)48-31-12-7-5-3-4-6-10-27-21-42(27,40(56)52-62(57,58)29-18-19-29)51-37(54)32-20-28(22-53(32)39(31)55)59-38-35-34(30-11-8-9-13-33(30)60-35)49-36(50-38)25-14-16-26(17-15-25)43(44,45)46/h6,8-11,13-17,27-29,31-32H,3-5,7,12,18-22H2,1-2H3,(H,47,48)(H,51,54)(H,52,56)/b10-6-/t27-,28-,31+,32+,42-/m1/s1. The number of aromatic nitrogens is 3. The number of para-hydroxylation sites is 1. The van der Waals surface area contributed by atoms with E-state index in [4.69, 9.17) is 9.15 Å².